The minimum Gasteiger partial charge on any atom is -0.464 e. The molecule has 0 aliphatic carbocycles. The lowest BCUT2D eigenvalue weighted by Crippen LogP contribution is -2.65. The summed E-state index contributed by atoms with van der Waals surface area (Å²) >= 11 is 0. The summed E-state index contributed by atoms with van der Waals surface area (Å²) in [5.74, 6) is -0.828. The Hall–Kier alpha value is -1.79. The summed E-state index contributed by atoms with van der Waals surface area (Å²) < 4.78 is 10.1. The first kappa shape index (κ1) is 14.6. The second-order valence-electron chi connectivity index (χ2n) is 5.24. The van der Waals surface area contributed by atoms with Crippen molar-refractivity contribution in [2.45, 2.75) is 57.8 Å². The van der Waals surface area contributed by atoms with Gasteiger partial charge in [-0.3, -0.25) is 9.69 Å². The van der Waals surface area contributed by atoms with E-state index in [2.05, 4.69) is 5.32 Å². The average molecular weight is 284 g/mol. The number of ether oxygens (including phenoxy) is 2. The molecule has 2 amide bonds. The van der Waals surface area contributed by atoms with E-state index in [0.29, 0.717) is 12.8 Å². The zero-order chi connectivity index (χ0) is 14.9. The van der Waals surface area contributed by atoms with Gasteiger partial charge in [0.1, 0.15) is 12.1 Å². The van der Waals surface area contributed by atoms with E-state index in [1.54, 1.807) is 20.8 Å². The van der Waals surface area contributed by atoms with Crippen LogP contribution in [0.3, 0.4) is 0 Å². The van der Waals surface area contributed by atoms with Crippen LogP contribution < -0.4 is 5.32 Å². The molecule has 112 valence electrons. The Morgan fingerprint density at radius 3 is 2.70 bits per heavy atom. The molecular formula is C13H20N2O5. The molecular weight excluding hydrogens is 264 g/mol. The summed E-state index contributed by atoms with van der Waals surface area (Å²) in [4.78, 5) is 37.4. The third-order valence-corrected chi connectivity index (χ3v) is 3.50. The molecule has 2 aliphatic rings. The van der Waals surface area contributed by atoms with Gasteiger partial charge >= 0.3 is 12.1 Å². The highest BCUT2D eigenvalue weighted by Crippen LogP contribution is 2.31. The first-order chi connectivity index (χ1) is 9.45. The minimum absolute atomic E-state index is 0.234. The molecule has 0 spiro atoms. The Morgan fingerprint density at radius 1 is 1.40 bits per heavy atom. The number of amides is 2. The number of carbonyl (C=O) groups is 3. The Labute approximate surface area is 117 Å². The van der Waals surface area contributed by atoms with Crippen LogP contribution in [0.2, 0.25) is 0 Å². The van der Waals surface area contributed by atoms with E-state index in [9.17, 15) is 14.4 Å². The van der Waals surface area contributed by atoms with Crippen molar-refractivity contribution in [2.24, 2.45) is 0 Å². The molecule has 0 saturated carbocycles. The monoisotopic (exact) mass is 284 g/mol. The van der Waals surface area contributed by atoms with Gasteiger partial charge in [0, 0.05) is 0 Å². The van der Waals surface area contributed by atoms with Crippen LogP contribution in [-0.4, -0.2) is 53.7 Å². The van der Waals surface area contributed by atoms with Gasteiger partial charge in [0.05, 0.1) is 18.8 Å². The summed E-state index contributed by atoms with van der Waals surface area (Å²) in [7, 11) is 0. The molecule has 0 radical (unpaired) electrons. The molecule has 20 heavy (non-hydrogen) atoms. The quantitative estimate of drug-likeness (QED) is 0.759. The zero-order valence-electron chi connectivity index (χ0n) is 11.9. The van der Waals surface area contributed by atoms with Gasteiger partial charge in [0.15, 0.2) is 0 Å². The van der Waals surface area contributed by atoms with E-state index in [1.807, 2.05) is 0 Å². The summed E-state index contributed by atoms with van der Waals surface area (Å²) in [6, 6.07) is -1.74. The fourth-order valence-corrected chi connectivity index (χ4v) is 2.74. The first-order valence-corrected chi connectivity index (χ1v) is 6.91. The highest BCUT2D eigenvalue weighted by Gasteiger charge is 2.52. The number of carbonyl (C=O) groups excluding carboxylic acids is 3. The van der Waals surface area contributed by atoms with Gasteiger partial charge in [-0.2, -0.15) is 0 Å². The standard InChI is InChI=1S/C13H20N2O5/c1-4-19-12(17)10-8-5-6-9(11(16)14-10)15(8)13(18)20-7(2)3/h7-10H,4-6H2,1-3H3,(H,14,16)/t8-,9+,10+/m0/s1. The van der Waals surface area contributed by atoms with Crippen LogP contribution in [0.4, 0.5) is 4.79 Å². The molecule has 0 unspecified atom stereocenters. The van der Waals surface area contributed by atoms with Crippen molar-refractivity contribution >= 4 is 18.0 Å². The van der Waals surface area contributed by atoms with E-state index in [4.69, 9.17) is 9.47 Å². The molecule has 1 N–H and O–H groups in total. The molecule has 7 nitrogen and oxygen atoms in total. The van der Waals surface area contributed by atoms with E-state index in [-0.39, 0.29) is 24.7 Å². The van der Waals surface area contributed by atoms with Gasteiger partial charge in [0.2, 0.25) is 5.91 Å². The molecule has 2 heterocycles. The lowest BCUT2D eigenvalue weighted by molar-refractivity contribution is -0.152. The van der Waals surface area contributed by atoms with E-state index in [0.717, 1.165) is 0 Å². The van der Waals surface area contributed by atoms with Crippen LogP contribution in [0, 0.1) is 0 Å². The Morgan fingerprint density at radius 2 is 2.10 bits per heavy atom. The number of esters is 1. The van der Waals surface area contributed by atoms with Crippen molar-refractivity contribution in [3.63, 3.8) is 0 Å². The van der Waals surface area contributed by atoms with Crippen LogP contribution in [-0.2, 0) is 19.1 Å². The van der Waals surface area contributed by atoms with Crippen LogP contribution in [0.25, 0.3) is 0 Å². The molecule has 0 aromatic rings. The molecule has 2 fully saturated rings. The van der Waals surface area contributed by atoms with Gasteiger partial charge < -0.3 is 14.8 Å². The normalized spacial score (nSPS) is 28.3. The third-order valence-electron chi connectivity index (χ3n) is 3.50. The first-order valence-electron chi connectivity index (χ1n) is 6.91. The molecule has 2 aliphatic heterocycles. The average Bonchev–Trinajstić information content (AvgIpc) is 2.72. The smallest absolute Gasteiger partial charge is 0.411 e. The van der Waals surface area contributed by atoms with Crippen LogP contribution in [0.5, 0.6) is 0 Å². The van der Waals surface area contributed by atoms with Crippen LogP contribution in [0.15, 0.2) is 0 Å². The van der Waals surface area contributed by atoms with Gasteiger partial charge in [-0.25, -0.2) is 9.59 Å². The molecule has 3 atom stereocenters. The maximum atomic E-state index is 12.1. The second kappa shape index (κ2) is 5.68. The number of fused-ring (bicyclic) bond motifs is 2. The van der Waals surface area contributed by atoms with Gasteiger partial charge in [-0.15, -0.1) is 0 Å². The van der Waals surface area contributed by atoms with Crippen molar-refractivity contribution in [1.29, 1.82) is 0 Å². The summed E-state index contributed by atoms with van der Waals surface area (Å²) in [6.45, 7) is 5.42. The highest BCUT2D eigenvalue weighted by molar-refractivity contribution is 5.93. The predicted molar refractivity (Wildman–Crippen MR) is 68.8 cm³/mol. The predicted octanol–water partition coefficient (Wildman–Crippen LogP) is 0.426. The van der Waals surface area contributed by atoms with Crippen molar-refractivity contribution in [3.05, 3.63) is 0 Å². The van der Waals surface area contributed by atoms with Gasteiger partial charge in [-0.05, 0) is 33.6 Å². The number of piperazine rings is 1. The van der Waals surface area contributed by atoms with E-state index < -0.39 is 24.1 Å². The SMILES string of the molecule is CCOC(=O)[C@@H]1NC(=O)[C@H]2CC[C@@H]1N2C(=O)OC(C)C. The number of hydrogen-bond acceptors (Lipinski definition) is 5. The van der Waals surface area contributed by atoms with Crippen molar-refractivity contribution in [1.82, 2.24) is 10.2 Å². The minimum atomic E-state index is -0.805. The fourth-order valence-electron chi connectivity index (χ4n) is 2.74. The topological polar surface area (TPSA) is 84.9 Å². The summed E-state index contributed by atoms with van der Waals surface area (Å²) in [6.07, 6.45) is 0.309. The van der Waals surface area contributed by atoms with E-state index in [1.165, 1.54) is 4.90 Å². The molecule has 0 aromatic heterocycles. The highest BCUT2D eigenvalue weighted by atomic mass is 16.6. The zero-order valence-corrected chi connectivity index (χ0v) is 11.9. The Bertz CT molecular complexity index is 423. The Balaban J connectivity index is 2.18. The maximum Gasteiger partial charge on any atom is 0.411 e. The Kier molecular flexibility index (Phi) is 4.15. The molecule has 7 heteroatoms. The van der Waals surface area contributed by atoms with Crippen LogP contribution in [0.1, 0.15) is 33.6 Å². The summed E-state index contributed by atoms with van der Waals surface area (Å²) in [5, 5.41) is 2.64. The van der Waals surface area contributed by atoms with Crippen molar-refractivity contribution in [3.8, 4) is 0 Å². The molecule has 2 rings (SSSR count). The summed E-state index contributed by atoms with van der Waals surface area (Å²) in [5.41, 5.74) is 0. The number of nitrogens with zero attached hydrogens (tertiary/aromatic N) is 1. The molecule has 2 saturated heterocycles. The van der Waals surface area contributed by atoms with Crippen molar-refractivity contribution < 1.29 is 23.9 Å². The fraction of sp³-hybridized carbons (Fsp3) is 0.769. The molecule has 0 aromatic carbocycles. The maximum absolute atomic E-state index is 12.1. The largest absolute Gasteiger partial charge is 0.464 e. The third kappa shape index (κ3) is 2.57. The van der Waals surface area contributed by atoms with Gasteiger partial charge in [0.25, 0.3) is 0 Å². The lowest BCUT2D eigenvalue weighted by atomic mass is 10.1. The van der Waals surface area contributed by atoms with E-state index >= 15 is 0 Å². The second-order valence-corrected chi connectivity index (χ2v) is 5.24. The number of rotatable bonds is 3. The number of nitrogens with one attached hydrogen (secondary N) is 1. The van der Waals surface area contributed by atoms with Crippen LogP contribution >= 0.6 is 0 Å². The lowest BCUT2D eigenvalue weighted by Gasteiger charge is -2.38. The van der Waals surface area contributed by atoms with Crippen molar-refractivity contribution in [2.75, 3.05) is 6.61 Å². The van der Waals surface area contributed by atoms with Gasteiger partial charge in [-0.1, -0.05) is 0 Å². The molecule has 2 bridgehead atoms. The number of hydrogen-bond donors (Lipinski definition) is 1.